The molecule has 3 aromatic carbocycles. The highest BCUT2D eigenvalue weighted by Crippen LogP contribution is 2.22. The summed E-state index contributed by atoms with van der Waals surface area (Å²) in [4.78, 5) is 26.6. The number of carbonyl (C=O) groups is 2. The van der Waals surface area contributed by atoms with Gasteiger partial charge in [0.2, 0.25) is 5.91 Å². The Labute approximate surface area is 188 Å². The second-order valence-corrected chi connectivity index (χ2v) is 7.80. The molecule has 0 spiro atoms. The monoisotopic (exact) mass is 429 g/mol. The number of rotatable bonds is 8. The first-order valence-corrected chi connectivity index (χ1v) is 10.9. The maximum Gasteiger partial charge on any atom is 0.315 e. The first-order chi connectivity index (χ1) is 15.7. The molecule has 6 heteroatoms. The molecule has 4 rings (SSSR count). The number of ether oxygens (including phenoxy) is 1. The van der Waals surface area contributed by atoms with Gasteiger partial charge >= 0.3 is 6.03 Å². The lowest BCUT2D eigenvalue weighted by Crippen LogP contribution is -2.42. The molecular weight excluding hydrogens is 402 g/mol. The fraction of sp³-hybridized carbons (Fsp3) is 0.231. The molecule has 2 N–H and O–H groups in total. The number of benzene rings is 3. The van der Waals surface area contributed by atoms with Gasteiger partial charge in [0.15, 0.2) is 0 Å². The number of urea groups is 1. The van der Waals surface area contributed by atoms with Crippen molar-refractivity contribution < 1.29 is 14.3 Å². The van der Waals surface area contributed by atoms with Crippen molar-refractivity contribution in [1.82, 2.24) is 15.5 Å². The molecule has 1 saturated heterocycles. The van der Waals surface area contributed by atoms with Crippen molar-refractivity contribution in [1.29, 1.82) is 0 Å². The van der Waals surface area contributed by atoms with Crippen molar-refractivity contribution in [2.45, 2.75) is 25.4 Å². The molecule has 1 unspecified atom stereocenters. The van der Waals surface area contributed by atoms with Crippen LogP contribution in [0.25, 0.3) is 0 Å². The van der Waals surface area contributed by atoms with Crippen LogP contribution in [0.2, 0.25) is 0 Å². The van der Waals surface area contributed by atoms with Crippen molar-refractivity contribution in [3.63, 3.8) is 0 Å². The highest BCUT2D eigenvalue weighted by atomic mass is 16.5. The molecule has 164 valence electrons. The largest absolute Gasteiger partial charge is 0.457 e. The Morgan fingerprint density at radius 2 is 1.66 bits per heavy atom. The Balaban J connectivity index is 1.36. The first kappa shape index (κ1) is 21.4. The lowest BCUT2D eigenvalue weighted by molar-refractivity contribution is -0.128. The zero-order chi connectivity index (χ0) is 22.2. The van der Waals surface area contributed by atoms with Gasteiger partial charge in [0.25, 0.3) is 0 Å². The number of likely N-dealkylation sites (tertiary alicyclic amines) is 1. The van der Waals surface area contributed by atoms with E-state index in [9.17, 15) is 9.59 Å². The van der Waals surface area contributed by atoms with Crippen LogP contribution in [-0.2, 0) is 11.3 Å². The van der Waals surface area contributed by atoms with E-state index in [0.29, 0.717) is 25.3 Å². The summed E-state index contributed by atoms with van der Waals surface area (Å²) in [7, 11) is 0. The predicted octanol–water partition coefficient (Wildman–Crippen LogP) is 4.64. The standard InChI is InChI=1S/C26H27N3O3/c30-25-15-8-16-29(25)19-24(21-10-3-1-4-11-21)28-26(31)27-18-20-9-7-14-23(17-20)32-22-12-5-2-6-13-22/h1-7,9-14,17,24H,8,15-16,18-19H2,(H2,27,28,31). The first-order valence-electron chi connectivity index (χ1n) is 10.9. The fourth-order valence-corrected chi connectivity index (χ4v) is 3.77. The molecule has 0 aromatic heterocycles. The van der Waals surface area contributed by atoms with Crippen LogP contribution in [0.4, 0.5) is 4.79 Å². The quantitative estimate of drug-likeness (QED) is 0.548. The van der Waals surface area contributed by atoms with Crippen molar-refractivity contribution in [3.05, 3.63) is 96.1 Å². The van der Waals surface area contributed by atoms with Crippen molar-refractivity contribution >= 4 is 11.9 Å². The minimum Gasteiger partial charge on any atom is -0.457 e. The van der Waals surface area contributed by atoms with Gasteiger partial charge in [0.1, 0.15) is 11.5 Å². The lowest BCUT2D eigenvalue weighted by Gasteiger charge is -2.25. The Bertz CT molecular complexity index is 1040. The molecule has 6 nitrogen and oxygen atoms in total. The Kier molecular flexibility index (Phi) is 7.02. The second-order valence-electron chi connectivity index (χ2n) is 7.80. The summed E-state index contributed by atoms with van der Waals surface area (Å²) < 4.78 is 5.87. The molecule has 3 aromatic rings. The van der Waals surface area contributed by atoms with Crippen molar-refractivity contribution in [3.8, 4) is 11.5 Å². The molecule has 0 aliphatic carbocycles. The number of nitrogens with zero attached hydrogens (tertiary/aromatic N) is 1. The lowest BCUT2D eigenvalue weighted by atomic mass is 10.1. The minimum absolute atomic E-state index is 0.142. The van der Waals surface area contributed by atoms with E-state index >= 15 is 0 Å². The summed E-state index contributed by atoms with van der Waals surface area (Å²) in [5.41, 5.74) is 1.90. The summed E-state index contributed by atoms with van der Waals surface area (Å²) in [6, 6.07) is 26.4. The number of hydrogen-bond acceptors (Lipinski definition) is 3. The van der Waals surface area contributed by atoms with Gasteiger partial charge in [-0.15, -0.1) is 0 Å². The van der Waals surface area contributed by atoms with Gasteiger partial charge < -0.3 is 20.3 Å². The Morgan fingerprint density at radius 1 is 0.938 bits per heavy atom. The molecule has 1 heterocycles. The van der Waals surface area contributed by atoms with Crippen LogP contribution in [-0.4, -0.2) is 29.9 Å². The molecule has 1 aliphatic heterocycles. The van der Waals surface area contributed by atoms with Gasteiger partial charge in [-0.05, 0) is 41.8 Å². The minimum atomic E-state index is -0.278. The third kappa shape index (κ3) is 5.88. The third-order valence-electron chi connectivity index (χ3n) is 5.41. The Morgan fingerprint density at radius 3 is 2.38 bits per heavy atom. The maximum absolute atomic E-state index is 12.7. The van der Waals surface area contributed by atoms with Gasteiger partial charge in [0.05, 0.1) is 6.04 Å². The van der Waals surface area contributed by atoms with Crippen molar-refractivity contribution in [2.24, 2.45) is 0 Å². The fourth-order valence-electron chi connectivity index (χ4n) is 3.77. The average molecular weight is 430 g/mol. The molecule has 0 radical (unpaired) electrons. The summed E-state index contributed by atoms with van der Waals surface area (Å²) in [5, 5.41) is 5.95. The van der Waals surface area contributed by atoms with Crippen LogP contribution in [0.3, 0.4) is 0 Å². The van der Waals surface area contributed by atoms with E-state index in [0.717, 1.165) is 29.8 Å². The van der Waals surface area contributed by atoms with E-state index in [4.69, 9.17) is 4.74 Å². The van der Waals surface area contributed by atoms with Crippen LogP contribution in [0.5, 0.6) is 11.5 Å². The highest BCUT2D eigenvalue weighted by Gasteiger charge is 2.25. The van der Waals surface area contributed by atoms with E-state index in [2.05, 4.69) is 10.6 Å². The van der Waals surface area contributed by atoms with Gasteiger partial charge in [-0.1, -0.05) is 60.7 Å². The van der Waals surface area contributed by atoms with Crippen LogP contribution in [0.15, 0.2) is 84.9 Å². The van der Waals surface area contributed by atoms with E-state index in [1.165, 1.54) is 0 Å². The van der Waals surface area contributed by atoms with Gasteiger partial charge in [-0.25, -0.2) is 4.79 Å². The second kappa shape index (κ2) is 10.5. The van der Waals surface area contributed by atoms with Crippen molar-refractivity contribution in [2.75, 3.05) is 13.1 Å². The predicted molar refractivity (Wildman–Crippen MR) is 123 cm³/mol. The summed E-state index contributed by atoms with van der Waals surface area (Å²) >= 11 is 0. The number of para-hydroxylation sites is 1. The maximum atomic E-state index is 12.7. The molecular formula is C26H27N3O3. The SMILES string of the molecule is O=C(NCc1cccc(Oc2ccccc2)c1)NC(CN1CCCC1=O)c1ccccc1. The van der Waals surface area contributed by atoms with E-state index in [-0.39, 0.29) is 18.0 Å². The molecule has 32 heavy (non-hydrogen) atoms. The molecule has 3 amide bonds. The molecule has 1 aliphatic rings. The van der Waals surface area contributed by atoms with E-state index in [1.807, 2.05) is 89.8 Å². The zero-order valence-electron chi connectivity index (χ0n) is 17.9. The van der Waals surface area contributed by atoms with E-state index < -0.39 is 0 Å². The molecule has 1 fully saturated rings. The van der Waals surface area contributed by atoms with E-state index in [1.54, 1.807) is 0 Å². The smallest absolute Gasteiger partial charge is 0.315 e. The summed E-state index contributed by atoms with van der Waals surface area (Å²) in [5.74, 6) is 1.62. The van der Waals surface area contributed by atoms with Crippen LogP contribution >= 0.6 is 0 Å². The third-order valence-corrected chi connectivity index (χ3v) is 5.41. The number of carbonyl (C=O) groups excluding carboxylic acids is 2. The van der Waals surface area contributed by atoms with Gasteiger partial charge in [0, 0.05) is 26.1 Å². The average Bonchev–Trinajstić information content (AvgIpc) is 3.23. The molecule has 0 saturated carbocycles. The molecule has 0 bridgehead atoms. The zero-order valence-corrected chi connectivity index (χ0v) is 17.9. The topological polar surface area (TPSA) is 70.7 Å². The summed E-state index contributed by atoms with van der Waals surface area (Å²) in [6.45, 7) is 1.57. The van der Waals surface area contributed by atoms with Gasteiger partial charge in [-0.2, -0.15) is 0 Å². The number of amides is 3. The van der Waals surface area contributed by atoms with Crippen LogP contribution < -0.4 is 15.4 Å². The van der Waals surface area contributed by atoms with Crippen LogP contribution in [0, 0.1) is 0 Å². The Hall–Kier alpha value is -3.80. The number of nitrogens with one attached hydrogen (secondary N) is 2. The highest BCUT2D eigenvalue weighted by molar-refractivity contribution is 5.78. The summed E-state index contributed by atoms with van der Waals surface area (Å²) in [6.07, 6.45) is 1.45. The number of hydrogen-bond donors (Lipinski definition) is 2. The van der Waals surface area contributed by atoms with Gasteiger partial charge in [-0.3, -0.25) is 4.79 Å². The molecule has 1 atom stereocenters. The normalized spacial score (nSPS) is 14.1. The van der Waals surface area contributed by atoms with Crippen LogP contribution in [0.1, 0.15) is 30.0 Å².